The molecule has 0 saturated carbocycles. The van der Waals surface area contributed by atoms with E-state index in [1.54, 1.807) is 11.8 Å². The largest absolute Gasteiger partial charge is 0.473 e. The van der Waals surface area contributed by atoms with E-state index >= 15 is 0 Å². The van der Waals surface area contributed by atoms with E-state index < -0.39 is 11.9 Å². The van der Waals surface area contributed by atoms with Crippen molar-refractivity contribution in [3.63, 3.8) is 0 Å². The molecule has 9 heteroatoms. The highest BCUT2D eigenvalue weighted by Crippen LogP contribution is 2.47. The minimum absolute atomic E-state index is 0.116. The molecule has 2 aromatic carbocycles. The fraction of sp³-hybridized carbons (Fsp3) is 0.286. The first-order valence-electron chi connectivity index (χ1n) is 9.14. The highest BCUT2D eigenvalue weighted by molar-refractivity contribution is 8.00. The number of anilines is 1. The summed E-state index contributed by atoms with van der Waals surface area (Å²) in [6, 6.07) is 15.7. The third kappa shape index (κ3) is 6.22. The number of aliphatic carboxylic acids is 2. The number of thioether (sulfide) groups is 1. The van der Waals surface area contributed by atoms with Crippen molar-refractivity contribution in [1.29, 1.82) is 0 Å². The quantitative estimate of drug-likeness (QED) is 0.671. The van der Waals surface area contributed by atoms with Crippen molar-refractivity contribution in [2.24, 2.45) is 0 Å². The number of fused-ring (bicyclic) bond motifs is 1. The summed E-state index contributed by atoms with van der Waals surface area (Å²) >= 11 is 7.94. The molecule has 7 nitrogen and oxygen atoms in total. The van der Waals surface area contributed by atoms with Gasteiger partial charge in [0.15, 0.2) is 0 Å². The fourth-order valence-electron chi connectivity index (χ4n) is 2.88. The second-order valence-corrected chi connectivity index (χ2v) is 8.30. The number of halogens is 1. The highest BCUT2D eigenvalue weighted by atomic mass is 35.5. The summed E-state index contributed by atoms with van der Waals surface area (Å²) in [5.41, 5.74) is 1.90. The molecule has 1 aliphatic rings. The van der Waals surface area contributed by atoms with Gasteiger partial charge in [-0.05, 0) is 50.8 Å². The Kier molecular flexibility index (Phi) is 8.71. The first-order chi connectivity index (χ1) is 14.2. The van der Waals surface area contributed by atoms with Gasteiger partial charge in [0, 0.05) is 16.5 Å². The Morgan fingerprint density at radius 2 is 1.67 bits per heavy atom. The van der Waals surface area contributed by atoms with Crippen LogP contribution in [0.2, 0.25) is 5.02 Å². The predicted molar refractivity (Wildman–Crippen MR) is 117 cm³/mol. The molecular weight excluding hydrogens is 428 g/mol. The number of amides is 1. The molecule has 2 aromatic rings. The zero-order chi connectivity index (χ0) is 22.3. The Balaban J connectivity index is 0.000000469. The third-order valence-electron chi connectivity index (χ3n) is 4.25. The number of para-hydroxylation sites is 1. The lowest BCUT2D eigenvalue weighted by Crippen LogP contribution is -2.38. The van der Waals surface area contributed by atoms with E-state index in [4.69, 9.17) is 31.4 Å². The van der Waals surface area contributed by atoms with Gasteiger partial charge in [0.05, 0.1) is 5.69 Å². The molecular formula is C21H23ClN2O5S. The lowest BCUT2D eigenvalue weighted by atomic mass is 10.1. The molecule has 30 heavy (non-hydrogen) atoms. The topological polar surface area (TPSA) is 98.2 Å². The minimum Gasteiger partial charge on any atom is -0.473 e. The maximum absolute atomic E-state index is 13.1. The van der Waals surface area contributed by atoms with E-state index in [1.165, 1.54) is 0 Å². The molecule has 3 rings (SSSR count). The highest BCUT2D eigenvalue weighted by Gasteiger charge is 2.35. The average Bonchev–Trinajstić information content (AvgIpc) is 2.70. The SMILES string of the molecule is CN(C)CCCN1C(=O)C(c2ccccc2Cl)Sc2ccccc21.O=C(O)C(=O)O. The van der Waals surface area contributed by atoms with Gasteiger partial charge in [-0.25, -0.2) is 9.59 Å². The van der Waals surface area contributed by atoms with Crippen molar-refractivity contribution in [2.45, 2.75) is 16.6 Å². The van der Waals surface area contributed by atoms with E-state index in [0.717, 1.165) is 35.7 Å². The Morgan fingerprint density at radius 3 is 2.27 bits per heavy atom. The monoisotopic (exact) mass is 450 g/mol. The summed E-state index contributed by atoms with van der Waals surface area (Å²) in [5, 5.41) is 15.1. The van der Waals surface area contributed by atoms with E-state index in [-0.39, 0.29) is 11.2 Å². The molecule has 0 radical (unpaired) electrons. The van der Waals surface area contributed by atoms with E-state index in [9.17, 15) is 4.79 Å². The average molecular weight is 451 g/mol. The summed E-state index contributed by atoms with van der Waals surface area (Å²) in [7, 11) is 4.10. The number of hydrogen-bond acceptors (Lipinski definition) is 5. The lowest BCUT2D eigenvalue weighted by molar-refractivity contribution is -0.159. The lowest BCUT2D eigenvalue weighted by Gasteiger charge is -2.34. The van der Waals surface area contributed by atoms with Gasteiger partial charge >= 0.3 is 11.9 Å². The molecule has 2 N–H and O–H groups in total. The molecule has 0 aliphatic carbocycles. The Hall–Kier alpha value is -2.55. The maximum atomic E-state index is 13.1. The molecule has 0 saturated heterocycles. The van der Waals surface area contributed by atoms with Crippen LogP contribution < -0.4 is 4.90 Å². The minimum atomic E-state index is -1.82. The van der Waals surface area contributed by atoms with Crippen molar-refractivity contribution in [2.75, 3.05) is 32.1 Å². The van der Waals surface area contributed by atoms with Gasteiger partial charge in [0.25, 0.3) is 0 Å². The Labute approximate surface area is 184 Å². The van der Waals surface area contributed by atoms with Gasteiger partial charge in [-0.15, -0.1) is 11.8 Å². The molecule has 1 heterocycles. The number of hydrogen-bond donors (Lipinski definition) is 2. The summed E-state index contributed by atoms with van der Waals surface area (Å²) in [6.45, 7) is 1.67. The summed E-state index contributed by atoms with van der Waals surface area (Å²) < 4.78 is 0. The van der Waals surface area contributed by atoms with Crippen LogP contribution in [-0.4, -0.2) is 60.1 Å². The first-order valence-corrected chi connectivity index (χ1v) is 10.4. The van der Waals surface area contributed by atoms with Crippen LogP contribution in [-0.2, 0) is 14.4 Å². The second-order valence-electron chi connectivity index (χ2n) is 6.74. The van der Waals surface area contributed by atoms with Crippen LogP contribution in [0.5, 0.6) is 0 Å². The number of nitrogens with zero attached hydrogens (tertiary/aromatic N) is 2. The normalized spacial score (nSPS) is 15.3. The standard InChI is InChI=1S/C19H21ClN2OS.C2H2O4/c1-21(2)12-7-13-22-16-10-5-6-11-17(16)24-18(19(22)23)14-8-3-4-9-15(14)20;3-1(4)2(5)6/h3-6,8-11,18H,7,12-13H2,1-2H3;(H,3,4)(H,5,6). The van der Waals surface area contributed by atoms with Crippen LogP contribution >= 0.6 is 23.4 Å². The first kappa shape index (κ1) is 23.7. The van der Waals surface area contributed by atoms with E-state index in [1.807, 2.05) is 61.5 Å². The summed E-state index contributed by atoms with van der Waals surface area (Å²) in [6.07, 6.45) is 0.937. The molecule has 0 bridgehead atoms. The number of carboxylic acid groups (broad SMARTS) is 2. The zero-order valence-electron chi connectivity index (χ0n) is 16.6. The van der Waals surface area contributed by atoms with Gasteiger partial charge in [0.1, 0.15) is 5.25 Å². The number of carboxylic acids is 2. The molecule has 1 amide bonds. The van der Waals surface area contributed by atoms with Crippen LogP contribution in [0.25, 0.3) is 0 Å². The van der Waals surface area contributed by atoms with Crippen LogP contribution in [0.4, 0.5) is 5.69 Å². The van der Waals surface area contributed by atoms with Crippen molar-refractivity contribution in [3.05, 3.63) is 59.1 Å². The molecule has 1 aliphatic heterocycles. The van der Waals surface area contributed by atoms with Crippen LogP contribution in [0.15, 0.2) is 53.4 Å². The Morgan fingerprint density at radius 1 is 1.07 bits per heavy atom. The fourth-order valence-corrected chi connectivity index (χ4v) is 4.46. The second kappa shape index (κ2) is 11.0. The molecule has 0 spiro atoms. The van der Waals surface area contributed by atoms with Crippen LogP contribution in [0.1, 0.15) is 17.2 Å². The van der Waals surface area contributed by atoms with Crippen LogP contribution in [0.3, 0.4) is 0 Å². The van der Waals surface area contributed by atoms with E-state index in [0.29, 0.717) is 5.02 Å². The molecule has 0 aromatic heterocycles. The summed E-state index contributed by atoms with van der Waals surface area (Å²) in [5.74, 6) is -3.53. The van der Waals surface area contributed by atoms with Crippen LogP contribution in [0, 0.1) is 0 Å². The van der Waals surface area contributed by atoms with Gasteiger partial charge in [-0.3, -0.25) is 4.79 Å². The number of rotatable bonds is 5. The smallest absolute Gasteiger partial charge is 0.414 e. The molecule has 160 valence electrons. The number of carbonyl (C=O) groups is 3. The molecule has 1 unspecified atom stereocenters. The predicted octanol–water partition coefficient (Wildman–Crippen LogP) is 3.63. The van der Waals surface area contributed by atoms with Crippen molar-refractivity contribution >= 4 is 46.9 Å². The van der Waals surface area contributed by atoms with Crippen molar-refractivity contribution in [3.8, 4) is 0 Å². The van der Waals surface area contributed by atoms with E-state index in [2.05, 4.69) is 11.0 Å². The van der Waals surface area contributed by atoms with Gasteiger partial charge < -0.3 is 20.0 Å². The van der Waals surface area contributed by atoms with Gasteiger partial charge in [-0.1, -0.05) is 41.9 Å². The van der Waals surface area contributed by atoms with Crippen molar-refractivity contribution < 1.29 is 24.6 Å². The maximum Gasteiger partial charge on any atom is 0.414 e. The third-order valence-corrected chi connectivity index (χ3v) is 5.88. The molecule has 0 fully saturated rings. The van der Waals surface area contributed by atoms with Gasteiger partial charge in [0.2, 0.25) is 5.91 Å². The zero-order valence-corrected chi connectivity index (χ0v) is 18.2. The van der Waals surface area contributed by atoms with Gasteiger partial charge in [-0.2, -0.15) is 0 Å². The number of benzene rings is 2. The number of carbonyl (C=O) groups excluding carboxylic acids is 1. The molecule has 1 atom stereocenters. The Bertz CT molecular complexity index is 910. The summed E-state index contributed by atoms with van der Waals surface area (Å²) in [4.78, 5) is 36.5. The van der Waals surface area contributed by atoms with Crippen molar-refractivity contribution in [1.82, 2.24) is 4.90 Å².